The Morgan fingerprint density at radius 1 is 1.04 bits per heavy atom. The molecule has 0 spiro atoms. The predicted octanol–water partition coefficient (Wildman–Crippen LogP) is 2.22. The Bertz CT molecular complexity index is 850. The Kier molecular flexibility index (Phi) is 6.73. The summed E-state index contributed by atoms with van der Waals surface area (Å²) in [5, 5.41) is 9.37. The molecule has 2 aromatic carbocycles. The molecule has 1 N–H and O–H groups in total. The third-order valence-electron chi connectivity index (χ3n) is 4.45. The molecule has 0 radical (unpaired) electrons. The topological polar surface area (TPSA) is 70.1 Å². The standard InChI is InChI=1S/C19H23ClN2O4S/c20-17-4-6-19(7-5-17)27(24,25)22-10-8-21(9-11-22)15-16-2-1-3-18(14-16)26-13-12-23/h1-7,14,23H,8-13,15H2. The fourth-order valence-electron chi connectivity index (χ4n) is 3.04. The molecule has 1 aliphatic heterocycles. The van der Waals surface area contributed by atoms with E-state index < -0.39 is 10.0 Å². The highest BCUT2D eigenvalue weighted by Crippen LogP contribution is 2.21. The van der Waals surface area contributed by atoms with Gasteiger partial charge >= 0.3 is 0 Å². The number of sulfonamides is 1. The highest BCUT2D eigenvalue weighted by molar-refractivity contribution is 7.89. The van der Waals surface area contributed by atoms with Crippen LogP contribution in [-0.4, -0.2) is 62.1 Å². The molecule has 1 aliphatic rings. The lowest BCUT2D eigenvalue weighted by Crippen LogP contribution is -2.48. The molecule has 146 valence electrons. The summed E-state index contributed by atoms with van der Waals surface area (Å²) < 4.78 is 32.4. The number of ether oxygens (including phenoxy) is 1. The number of aliphatic hydroxyl groups is 1. The van der Waals surface area contributed by atoms with Gasteiger partial charge in [0.15, 0.2) is 0 Å². The summed E-state index contributed by atoms with van der Waals surface area (Å²) in [4.78, 5) is 2.49. The summed E-state index contributed by atoms with van der Waals surface area (Å²) >= 11 is 5.85. The molecule has 1 fully saturated rings. The maximum atomic E-state index is 12.7. The molecule has 27 heavy (non-hydrogen) atoms. The molecule has 0 aliphatic carbocycles. The third kappa shape index (κ3) is 5.21. The first-order valence-electron chi connectivity index (χ1n) is 8.80. The summed E-state index contributed by atoms with van der Waals surface area (Å²) in [7, 11) is -3.49. The first kappa shape index (κ1) is 20.1. The lowest BCUT2D eigenvalue weighted by Gasteiger charge is -2.34. The molecular formula is C19H23ClN2O4S. The van der Waals surface area contributed by atoms with E-state index in [1.54, 1.807) is 24.3 Å². The zero-order valence-electron chi connectivity index (χ0n) is 14.9. The van der Waals surface area contributed by atoms with Crippen LogP contribution in [-0.2, 0) is 16.6 Å². The summed E-state index contributed by atoms with van der Waals surface area (Å²) in [5.74, 6) is 0.727. The fraction of sp³-hybridized carbons (Fsp3) is 0.368. The van der Waals surface area contributed by atoms with E-state index in [0.717, 1.165) is 17.9 Å². The van der Waals surface area contributed by atoms with Crippen molar-refractivity contribution in [3.63, 3.8) is 0 Å². The first-order valence-corrected chi connectivity index (χ1v) is 10.6. The molecule has 6 nitrogen and oxygen atoms in total. The Morgan fingerprint density at radius 2 is 1.74 bits per heavy atom. The number of hydrogen-bond donors (Lipinski definition) is 1. The van der Waals surface area contributed by atoms with Gasteiger partial charge in [0.25, 0.3) is 0 Å². The second-order valence-corrected chi connectivity index (χ2v) is 8.73. The summed E-state index contributed by atoms with van der Waals surface area (Å²) in [5.41, 5.74) is 1.10. The summed E-state index contributed by atoms with van der Waals surface area (Å²) in [6.07, 6.45) is 0. The average molecular weight is 411 g/mol. The van der Waals surface area contributed by atoms with Crippen LogP contribution in [0.1, 0.15) is 5.56 Å². The maximum absolute atomic E-state index is 12.7. The van der Waals surface area contributed by atoms with Crippen LogP contribution in [0.15, 0.2) is 53.4 Å². The molecule has 0 aromatic heterocycles. The van der Waals surface area contributed by atoms with Gasteiger partial charge in [0.1, 0.15) is 12.4 Å². The number of rotatable bonds is 7. The van der Waals surface area contributed by atoms with E-state index in [4.69, 9.17) is 21.4 Å². The van der Waals surface area contributed by atoms with Crippen molar-refractivity contribution in [2.75, 3.05) is 39.4 Å². The molecule has 0 saturated carbocycles. The number of benzene rings is 2. The van der Waals surface area contributed by atoms with E-state index in [-0.39, 0.29) is 18.1 Å². The van der Waals surface area contributed by atoms with Crippen molar-refractivity contribution < 1.29 is 18.3 Å². The lowest BCUT2D eigenvalue weighted by molar-refractivity contribution is 0.181. The first-order chi connectivity index (χ1) is 13.0. The normalized spacial score (nSPS) is 16.4. The second-order valence-electron chi connectivity index (χ2n) is 6.35. The van der Waals surface area contributed by atoms with Crippen molar-refractivity contribution in [3.8, 4) is 5.75 Å². The quantitative estimate of drug-likeness (QED) is 0.757. The van der Waals surface area contributed by atoms with E-state index >= 15 is 0 Å². The Hall–Kier alpha value is -1.64. The van der Waals surface area contributed by atoms with E-state index in [1.807, 2.05) is 24.3 Å². The van der Waals surface area contributed by atoms with Crippen LogP contribution in [0.4, 0.5) is 0 Å². The van der Waals surface area contributed by atoms with Gasteiger partial charge in [0, 0.05) is 37.7 Å². The molecule has 0 amide bonds. The van der Waals surface area contributed by atoms with E-state index in [9.17, 15) is 8.42 Å². The van der Waals surface area contributed by atoms with Gasteiger partial charge in [0.2, 0.25) is 10.0 Å². The van der Waals surface area contributed by atoms with Crippen molar-refractivity contribution in [3.05, 3.63) is 59.1 Å². The highest BCUT2D eigenvalue weighted by atomic mass is 35.5. The molecule has 3 rings (SSSR count). The monoisotopic (exact) mass is 410 g/mol. The Labute approximate surface area is 165 Å². The van der Waals surface area contributed by atoms with Gasteiger partial charge in [-0.2, -0.15) is 4.31 Å². The van der Waals surface area contributed by atoms with Gasteiger partial charge < -0.3 is 9.84 Å². The van der Waals surface area contributed by atoms with E-state index in [1.165, 1.54) is 4.31 Å². The van der Waals surface area contributed by atoms with Gasteiger partial charge in [-0.1, -0.05) is 23.7 Å². The Balaban J connectivity index is 1.58. The molecule has 1 saturated heterocycles. The molecule has 0 bridgehead atoms. The van der Waals surface area contributed by atoms with Crippen molar-refractivity contribution in [1.82, 2.24) is 9.21 Å². The average Bonchev–Trinajstić information content (AvgIpc) is 2.67. The predicted molar refractivity (Wildman–Crippen MR) is 105 cm³/mol. The fourth-order valence-corrected chi connectivity index (χ4v) is 4.59. The number of piperazine rings is 1. The smallest absolute Gasteiger partial charge is 0.243 e. The van der Waals surface area contributed by atoms with Gasteiger partial charge in [-0.15, -0.1) is 0 Å². The molecule has 8 heteroatoms. The minimum atomic E-state index is -3.49. The Morgan fingerprint density at radius 3 is 2.41 bits per heavy atom. The van der Waals surface area contributed by atoms with Gasteiger partial charge in [-0.05, 0) is 42.0 Å². The number of hydrogen-bond acceptors (Lipinski definition) is 5. The van der Waals surface area contributed by atoms with Crippen molar-refractivity contribution in [1.29, 1.82) is 0 Å². The van der Waals surface area contributed by atoms with Crippen LogP contribution in [0.3, 0.4) is 0 Å². The van der Waals surface area contributed by atoms with Crippen LogP contribution in [0.25, 0.3) is 0 Å². The molecule has 0 atom stereocenters. The van der Waals surface area contributed by atoms with Crippen molar-refractivity contribution in [2.24, 2.45) is 0 Å². The van der Waals surface area contributed by atoms with Gasteiger partial charge in [0.05, 0.1) is 11.5 Å². The minimum absolute atomic E-state index is 0.0196. The van der Waals surface area contributed by atoms with Gasteiger partial charge in [-0.3, -0.25) is 4.90 Å². The van der Waals surface area contributed by atoms with Gasteiger partial charge in [-0.25, -0.2) is 8.42 Å². The third-order valence-corrected chi connectivity index (χ3v) is 6.61. The van der Waals surface area contributed by atoms with E-state index in [2.05, 4.69) is 4.90 Å². The van der Waals surface area contributed by atoms with Crippen LogP contribution in [0, 0.1) is 0 Å². The number of aliphatic hydroxyl groups excluding tert-OH is 1. The summed E-state index contributed by atoms with van der Waals surface area (Å²) in [6, 6.07) is 14.0. The zero-order valence-corrected chi connectivity index (χ0v) is 16.5. The molecule has 1 heterocycles. The second kappa shape index (κ2) is 9.03. The van der Waals surface area contributed by atoms with Crippen molar-refractivity contribution >= 4 is 21.6 Å². The number of nitrogens with zero attached hydrogens (tertiary/aromatic N) is 2. The zero-order chi connectivity index (χ0) is 19.3. The number of halogens is 1. The maximum Gasteiger partial charge on any atom is 0.243 e. The summed E-state index contributed by atoms with van der Waals surface area (Å²) in [6.45, 7) is 3.20. The molecular weight excluding hydrogens is 388 g/mol. The lowest BCUT2D eigenvalue weighted by atomic mass is 10.2. The van der Waals surface area contributed by atoms with Crippen LogP contribution < -0.4 is 4.74 Å². The molecule has 2 aromatic rings. The molecule has 0 unspecified atom stereocenters. The van der Waals surface area contributed by atoms with E-state index in [0.29, 0.717) is 31.2 Å². The largest absolute Gasteiger partial charge is 0.491 e. The van der Waals surface area contributed by atoms with Crippen LogP contribution in [0.5, 0.6) is 5.75 Å². The minimum Gasteiger partial charge on any atom is -0.491 e. The highest BCUT2D eigenvalue weighted by Gasteiger charge is 2.28. The van der Waals surface area contributed by atoms with Crippen LogP contribution >= 0.6 is 11.6 Å². The SMILES string of the molecule is O=S(=O)(c1ccc(Cl)cc1)N1CCN(Cc2cccc(OCCO)c2)CC1. The van der Waals surface area contributed by atoms with Crippen molar-refractivity contribution in [2.45, 2.75) is 11.4 Å². The van der Waals surface area contributed by atoms with Crippen LogP contribution in [0.2, 0.25) is 5.02 Å².